The van der Waals surface area contributed by atoms with E-state index in [2.05, 4.69) is 4.90 Å². The molecule has 1 amide bonds. The summed E-state index contributed by atoms with van der Waals surface area (Å²) in [4.78, 5) is 27.9. The molecule has 0 radical (unpaired) electrons. The minimum atomic E-state index is -0.288. The lowest BCUT2D eigenvalue weighted by Gasteiger charge is -2.23. The van der Waals surface area contributed by atoms with Crippen LogP contribution in [0.25, 0.3) is 0 Å². The molecular formula is C17H25ClN2O3. The molecule has 0 spiro atoms. The van der Waals surface area contributed by atoms with Crippen molar-refractivity contribution in [1.82, 2.24) is 9.80 Å². The van der Waals surface area contributed by atoms with Gasteiger partial charge in [0.15, 0.2) is 0 Å². The van der Waals surface area contributed by atoms with Crippen LogP contribution in [0.1, 0.15) is 30.1 Å². The van der Waals surface area contributed by atoms with E-state index < -0.39 is 0 Å². The average molecular weight is 341 g/mol. The van der Waals surface area contributed by atoms with Crippen molar-refractivity contribution in [2.24, 2.45) is 0 Å². The number of amides is 1. The molecule has 0 saturated heterocycles. The molecule has 0 saturated carbocycles. The molecule has 0 unspecified atom stereocenters. The molecule has 0 N–H and O–H groups in total. The van der Waals surface area contributed by atoms with Crippen LogP contribution in [0.3, 0.4) is 0 Å². The zero-order chi connectivity index (χ0) is 17.2. The van der Waals surface area contributed by atoms with E-state index in [0.29, 0.717) is 30.3 Å². The SMILES string of the molecule is CCOC(=O)CCN(CCCN(C)C)C(=O)c1cccc(Cl)c1. The number of carbonyl (C=O) groups excluding carboxylic acids is 2. The van der Waals surface area contributed by atoms with Crippen molar-refractivity contribution in [2.75, 3.05) is 40.3 Å². The summed E-state index contributed by atoms with van der Waals surface area (Å²) in [6.07, 6.45) is 1.03. The zero-order valence-electron chi connectivity index (χ0n) is 14.0. The molecule has 1 rings (SSSR count). The van der Waals surface area contributed by atoms with Crippen molar-refractivity contribution in [3.63, 3.8) is 0 Å². The summed E-state index contributed by atoms with van der Waals surface area (Å²) in [7, 11) is 3.98. The molecule has 0 heterocycles. The minimum absolute atomic E-state index is 0.115. The Balaban J connectivity index is 2.72. The van der Waals surface area contributed by atoms with Crippen LogP contribution >= 0.6 is 11.6 Å². The molecule has 0 atom stereocenters. The topological polar surface area (TPSA) is 49.9 Å². The van der Waals surface area contributed by atoms with E-state index in [0.717, 1.165) is 13.0 Å². The molecule has 0 aliphatic rings. The summed E-state index contributed by atoms with van der Waals surface area (Å²) in [6, 6.07) is 6.86. The number of ether oxygens (including phenoxy) is 1. The van der Waals surface area contributed by atoms with Crippen LogP contribution in [-0.2, 0) is 9.53 Å². The molecule has 128 valence electrons. The maximum Gasteiger partial charge on any atom is 0.307 e. The summed E-state index contributed by atoms with van der Waals surface area (Å²) in [5.74, 6) is -0.403. The monoisotopic (exact) mass is 340 g/mol. The van der Waals surface area contributed by atoms with Crippen LogP contribution < -0.4 is 0 Å². The molecule has 1 aromatic carbocycles. The van der Waals surface area contributed by atoms with Crippen molar-refractivity contribution in [1.29, 1.82) is 0 Å². The van der Waals surface area contributed by atoms with E-state index in [1.165, 1.54) is 0 Å². The van der Waals surface area contributed by atoms with Crippen molar-refractivity contribution in [3.05, 3.63) is 34.9 Å². The lowest BCUT2D eigenvalue weighted by atomic mass is 10.2. The third kappa shape index (κ3) is 7.48. The highest BCUT2D eigenvalue weighted by molar-refractivity contribution is 6.30. The third-order valence-electron chi connectivity index (χ3n) is 3.28. The number of benzene rings is 1. The van der Waals surface area contributed by atoms with Gasteiger partial charge in [-0.05, 0) is 52.2 Å². The van der Waals surface area contributed by atoms with E-state index in [4.69, 9.17) is 16.3 Å². The Hall–Kier alpha value is -1.59. The van der Waals surface area contributed by atoms with E-state index >= 15 is 0 Å². The largest absolute Gasteiger partial charge is 0.466 e. The van der Waals surface area contributed by atoms with Crippen LogP contribution in [0.4, 0.5) is 0 Å². The Morgan fingerprint density at radius 1 is 1.17 bits per heavy atom. The number of nitrogens with zero attached hydrogens (tertiary/aromatic N) is 2. The normalized spacial score (nSPS) is 10.7. The zero-order valence-corrected chi connectivity index (χ0v) is 14.8. The smallest absolute Gasteiger partial charge is 0.307 e. The number of rotatable bonds is 9. The second-order valence-corrected chi connectivity index (χ2v) is 5.95. The standard InChI is InChI=1S/C17H25ClN2O3/c1-4-23-16(21)9-12-20(11-6-10-19(2)3)17(22)14-7-5-8-15(18)13-14/h5,7-8,13H,4,6,9-12H2,1-3H3. The van der Waals surface area contributed by atoms with Gasteiger partial charge in [-0.3, -0.25) is 9.59 Å². The Morgan fingerprint density at radius 3 is 2.52 bits per heavy atom. The van der Waals surface area contributed by atoms with E-state index in [-0.39, 0.29) is 18.3 Å². The molecule has 0 aromatic heterocycles. The fourth-order valence-corrected chi connectivity index (χ4v) is 2.35. The Bertz CT molecular complexity index is 520. The van der Waals surface area contributed by atoms with Crippen molar-refractivity contribution in [2.45, 2.75) is 19.8 Å². The Labute approximate surface area is 143 Å². The van der Waals surface area contributed by atoms with Gasteiger partial charge in [-0.25, -0.2) is 0 Å². The van der Waals surface area contributed by atoms with Gasteiger partial charge in [-0.1, -0.05) is 17.7 Å². The predicted octanol–water partition coefficient (Wildman–Crippen LogP) is 2.69. The van der Waals surface area contributed by atoms with Gasteiger partial charge in [0, 0.05) is 23.7 Å². The number of carbonyl (C=O) groups is 2. The summed E-state index contributed by atoms with van der Waals surface area (Å²) in [5, 5.41) is 0.523. The highest BCUT2D eigenvalue weighted by Gasteiger charge is 2.17. The molecule has 0 bridgehead atoms. The van der Waals surface area contributed by atoms with Gasteiger partial charge in [0.25, 0.3) is 5.91 Å². The summed E-state index contributed by atoms with van der Waals surface area (Å²) < 4.78 is 4.93. The second kappa shape index (κ2) is 10.2. The molecular weight excluding hydrogens is 316 g/mol. The minimum Gasteiger partial charge on any atom is -0.466 e. The first-order chi connectivity index (χ1) is 10.9. The van der Waals surface area contributed by atoms with Crippen LogP contribution in [0, 0.1) is 0 Å². The van der Waals surface area contributed by atoms with Crippen molar-refractivity contribution >= 4 is 23.5 Å². The highest BCUT2D eigenvalue weighted by atomic mass is 35.5. The number of hydrogen-bond donors (Lipinski definition) is 0. The summed E-state index contributed by atoms with van der Waals surface area (Å²) in [5.41, 5.74) is 0.534. The maximum absolute atomic E-state index is 12.6. The number of hydrogen-bond acceptors (Lipinski definition) is 4. The van der Waals surface area contributed by atoms with Crippen LogP contribution in [0.2, 0.25) is 5.02 Å². The molecule has 0 aliphatic carbocycles. The van der Waals surface area contributed by atoms with Gasteiger partial charge in [-0.15, -0.1) is 0 Å². The van der Waals surface area contributed by atoms with Crippen molar-refractivity contribution < 1.29 is 14.3 Å². The fraction of sp³-hybridized carbons (Fsp3) is 0.529. The Kier molecular flexibility index (Phi) is 8.66. The quantitative estimate of drug-likeness (QED) is 0.648. The first-order valence-electron chi connectivity index (χ1n) is 7.79. The molecule has 0 aliphatic heterocycles. The van der Waals surface area contributed by atoms with Gasteiger partial charge >= 0.3 is 5.97 Å². The average Bonchev–Trinajstić information content (AvgIpc) is 2.50. The van der Waals surface area contributed by atoms with Crippen LogP contribution in [0.15, 0.2) is 24.3 Å². The van der Waals surface area contributed by atoms with Crippen LogP contribution in [0.5, 0.6) is 0 Å². The number of esters is 1. The van der Waals surface area contributed by atoms with Crippen LogP contribution in [-0.4, -0.2) is 62.0 Å². The lowest BCUT2D eigenvalue weighted by molar-refractivity contribution is -0.143. The van der Waals surface area contributed by atoms with Crippen molar-refractivity contribution in [3.8, 4) is 0 Å². The van der Waals surface area contributed by atoms with Gasteiger partial charge in [-0.2, -0.15) is 0 Å². The molecule has 23 heavy (non-hydrogen) atoms. The van der Waals surface area contributed by atoms with Gasteiger partial charge in [0.2, 0.25) is 0 Å². The molecule has 1 aromatic rings. The second-order valence-electron chi connectivity index (χ2n) is 5.51. The molecule has 5 nitrogen and oxygen atoms in total. The van der Waals surface area contributed by atoms with E-state index in [1.54, 1.807) is 36.1 Å². The Morgan fingerprint density at radius 2 is 1.91 bits per heavy atom. The maximum atomic E-state index is 12.6. The van der Waals surface area contributed by atoms with Gasteiger partial charge in [0.1, 0.15) is 0 Å². The van der Waals surface area contributed by atoms with Gasteiger partial charge < -0.3 is 14.5 Å². The summed E-state index contributed by atoms with van der Waals surface area (Å²) in [6.45, 7) is 3.92. The fourth-order valence-electron chi connectivity index (χ4n) is 2.16. The van der Waals surface area contributed by atoms with E-state index in [1.807, 2.05) is 14.1 Å². The number of halogens is 1. The molecule has 0 fully saturated rings. The first kappa shape index (κ1) is 19.5. The predicted molar refractivity (Wildman–Crippen MR) is 91.8 cm³/mol. The first-order valence-corrected chi connectivity index (χ1v) is 8.17. The van der Waals surface area contributed by atoms with Gasteiger partial charge in [0.05, 0.1) is 13.0 Å². The van der Waals surface area contributed by atoms with E-state index in [9.17, 15) is 9.59 Å². The molecule has 6 heteroatoms. The lowest BCUT2D eigenvalue weighted by Crippen LogP contribution is -2.35. The third-order valence-corrected chi connectivity index (χ3v) is 3.52. The summed E-state index contributed by atoms with van der Waals surface area (Å²) >= 11 is 5.96. The highest BCUT2D eigenvalue weighted by Crippen LogP contribution is 2.13.